The molecular weight excluding hydrogens is 276 g/mol. The summed E-state index contributed by atoms with van der Waals surface area (Å²) >= 11 is 0. The van der Waals surface area contributed by atoms with Gasteiger partial charge >= 0.3 is 0 Å². The molecule has 1 atom stereocenters. The Labute approximate surface area is 136 Å². The average Bonchev–Trinajstić information content (AvgIpc) is 2.52. The first-order valence-corrected chi connectivity index (χ1v) is 9.10. The standard InChI is InChI=1S/C18H34N2O2/c1-4-5-6-7-12-19-18(22)16-9-8-13-20(14-16)17(21)11-10-15(2)3/h15-16H,4-14H2,1-3H3,(H,19,22). The molecule has 1 unspecified atom stereocenters. The maximum absolute atomic E-state index is 12.2. The zero-order chi connectivity index (χ0) is 16.4. The summed E-state index contributed by atoms with van der Waals surface area (Å²) in [4.78, 5) is 26.3. The second-order valence-corrected chi connectivity index (χ2v) is 6.96. The van der Waals surface area contributed by atoms with Crippen LogP contribution in [0.2, 0.25) is 0 Å². The van der Waals surface area contributed by atoms with Crippen molar-refractivity contribution in [1.82, 2.24) is 10.2 Å². The van der Waals surface area contributed by atoms with Crippen molar-refractivity contribution in [2.75, 3.05) is 19.6 Å². The van der Waals surface area contributed by atoms with E-state index in [0.717, 1.165) is 38.8 Å². The van der Waals surface area contributed by atoms with Crippen LogP contribution in [0.5, 0.6) is 0 Å². The summed E-state index contributed by atoms with van der Waals surface area (Å²) in [5.41, 5.74) is 0. The smallest absolute Gasteiger partial charge is 0.224 e. The van der Waals surface area contributed by atoms with Crippen molar-refractivity contribution in [1.29, 1.82) is 0 Å². The predicted octanol–water partition coefficient (Wildman–Crippen LogP) is 3.36. The lowest BCUT2D eigenvalue weighted by molar-refractivity contribution is -0.135. The Morgan fingerprint density at radius 1 is 1.23 bits per heavy atom. The van der Waals surface area contributed by atoms with E-state index in [9.17, 15) is 9.59 Å². The van der Waals surface area contributed by atoms with E-state index in [1.165, 1.54) is 19.3 Å². The maximum atomic E-state index is 12.2. The molecule has 1 rings (SSSR count). The lowest BCUT2D eigenvalue weighted by Crippen LogP contribution is -2.45. The molecule has 1 heterocycles. The summed E-state index contributed by atoms with van der Waals surface area (Å²) in [6.07, 6.45) is 8.09. The van der Waals surface area contributed by atoms with Crippen LogP contribution < -0.4 is 5.32 Å². The molecule has 1 aliphatic rings. The zero-order valence-corrected chi connectivity index (χ0v) is 14.7. The quantitative estimate of drug-likeness (QED) is 0.664. The third-order valence-electron chi connectivity index (χ3n) is 4.41. The van der Waals surface area contributed by atoms with Gasteiger partial charge in [0.25, 0.3) is 0 Å². The molecule has 0 aromatic carbocycles. The predicted molar refractivity (Wildman–Crippen MR) is 90.5 cm³/mol. The molecule has 1 aliphatic heterocycles. The molecule has 22 heavy (non-hydrogen) atoms. The van der Waals surface area contributed by atoms with E-state index >= 15 is 0 Å². The van der Waals surface area contributed by atoms with Crippen LogP contribution in [-0.2, 0) is 9.59 Å². The summed E-state index contributed by atoms with van der Waals surface area (Å²) in [5.74, 6) is 0.894. The Bertz CT molecular complexity index is 342. The van der Waals surface area contributed by atoms with Gasteiger partial charge in [-0.15, -0.1) is 0 Å². The summed E-state index contributed by atoms with van der Waals surface area (Å²) in [5, 5.41) is 3.04. The first-order valence-electron chi connectivity index (χ1n) is 9.10. The van der Waals surface area contributed by atoms with Gasteiger partial charge < -0.3 is 10.2 Å². The van der Waals surface area contributed by atoms with E-state index in [4.69, 9.17) is 0 Å². The molecule has 1 saturated heterocycles. The molecule has 0 aromatic rings. The van der Waals surface area contributed by atoms with Gasteiger partial charge in [0.05, 0.1) is 5.92 Å². The van der Waals surface area contributed by atoms with Crippen molar-refractivity contribution >= 4 is 11.8 Å². The van der Waals surface area contributed by atoms with E-state index in [2.05, 4.69) is 26.1 Å². The fraction of sp³-hybridized carbons (Fsp3) is 0.889. The highest BCUT2D eigenvalue weighted by Crippen LogP contribution is 2.18. The highest BCUT2D eigenvalue weighted by atomic mass is 16.2. The van der Waals surface area contributed by atoms with Gasteiger partial charge in [0.2, 0.25) is 11.8 Å². The number of piperidine rings is 1. The van der Waals surface area contributed by atoms with E-state index in [-0.39, 0.29) is 17.7 Å². The van der Waals surface area contributed by atoms with E-state index in [1.54, 1.807) is 0 Å². The van der Waals surface area contributed by atoms with Crippen molar-refractivity contribution in [3.63, 3.8) is 0 Å². The van der Waals surface area contributed by atoms with Crippen molar-refractivity contribution in [2.24, 2.45) is 11.8 Å². The molecule has 0 aliphatic carbocycles. The number of nitrogens with zero attached hydrogens (tertiary/aromatic N) is 1. The third-order valence-corrected chi connectivity index (χ3v) is 4.41. The number of amides is 2. The molecule has 0 spiro atoms. The minimum atomic E-state index is -0.0112. The first kappa shape index (κ1) is 19.0. The van der Waals surface area contributed by atoms with Crippen LogP contribution in [0.15, 0.2) is 0 Å². The number of likely N-dealkylation sites (tertiary alicyclic amines) is 1. The van der Waals surface area contributed by atoms with Crippen molar-refractivity contribution in [3.8, 4) is 0 Å². The minimum Gasteiger partial charge on any atom is -0.356 e. The Kier molecular flexibility index (Phi) is 9.17. The van der Waals surface area contributed by atoms with Gasteiger partial charge in [-0.05, 0) is 31.6 Å². The zero-order valence-electron chi connectivity index (χ0n) is 14.7. The monoisotopic (exact) mass is 310 g/mol. The Hall–Kier alpha value is -1.06. The van der Waals surface area contributed by atoms with E-state index in [1.807, 2.05) is 4.90 Å². The molecule has 1 fully saturated rings. The Morgan fingerprint density at radius 2 is 2.00 bits per heavy atom. The minimum absolute atomic E-state index is 0.0112. The molecule has 0 saturated carbocycles. The van der Waals surface area contributed by atoms with Gasteiger partial charge in [-0.1, -0.05) is 40.0 Å². The number of carbonyl (C=O) groups excluding carboxylic acids is 2. The van der Waals surface area contributed by atoms with E-state index < -0.39 is 0 Å². The summed E-state index contributed by atoms with van der Waals surface area (Å²) in [7, 11) is 0. The van der Waals surface area contributed by atoms with Crippen LogP contribution in [0, 0.1) is 11.8 Å². The lowest BCUT2D eigenvalue weighted by atomic mass is 9.96. The number of hydrogen-bond donors (Lipinski definition) is 1. The van der Waals surface area contributed by atoms with Crippen LogP contribution in [0.25, 0.3) is 0 Å². The average molecular weight is 310 g/mol. The van der Waals surface area contributed by atoms with Gasteiger partial charge in [0.15, 0.2) is 0 Å². The summed E-state index contributed by atoms with van der Waals surface area (Å²) < 4.78 is 0. The third kappa shape index (κ3) is 7.28. The van der Waals surface area contributed by atoms with Crippen LogP contribution in [-0.4, -0.2) is 36.3 Å². The number of nitrogens with one attached hydrogen (secondary N) is 1. The number of hydrogen-bond acceptors (Lipinski definition) is 2. The van der Waals surface area contributed by atoms with Crippen molar-refractivity contribution in [2.45, 2.75) is 72.1 Å². The molecule has 4 nitrogen and oxygen atoms in total. The van der Waals surface area contributed by atoms with Crippen LogP contribution >= 0.6 is 0 Å². The molecule has 2 amide bonds. The maximum Gasteiger partial charge on any atom is 0.224 e. The van der Waals surface area contributed by atoms with E-state index in [0.29, 0.717) is 18.9 Å². The Morgan fingerprint density at radius 3 is 2.68 bits per heavy atom. The van der Waals surface area contributed by atoms with Crippen molar-refractivity contribution in [3.05, 3.63) is 0 Å². The SMILES string of the molecule is CCCCCCNC(=O)C1CCCN(C(=O)CCC(C)C)C1. The van der Waals surface area contributed by atoms with Crippen LogP contribution in [0.1, 0.15) is 72.1 Å². The van der Waals surface area contributed by atoms with Gasteiger partial charge in [-0.3, -0.25) is 9.59 Å². The molecule has 1 N–H and O–H groups in total. The highest BCUT2D eigenvalue weighted by Gasteiger charge is 2.27. The second kappa shape index (κ2) is 10.6. The number of carbonyl (C=O) groups is 2. The van der Waals surface area contributed by atoms with Gasteiger partial charge in [0.1, 0.15) is 0 Å². The molecule has 0 radical (unpaired) electrons. The number of unbranched alkanes of at least 4 members (excludes halogenated alkanes) is 3. The Balaban J connectivity index is 2.29. The highest BCUT2D eigenvalue weighted by molar-refractivity contribution is 5.81. The fourth-order valence-corrected chi connectivity index (χ4v) is 2.90. The van der Waals surface area contributed by atoms with Crippen LogP contribution in [0.4, 0.5) is 0 Å². The van der Waals surface area contributed by atoms with Gasteiger partial charge in [0, 0.05) is 26.1 Å². The topological polar surface area (TPSA) is 49.4 Å². The number of rotatable bonds is 9. The molecule has 0 bridgehead atoms. The molecule has 128 valence electrons. The lowest BCUT2D eigenvalue weighted by Gasteiger charge is -2.32. The largest absolute Gasteiger partial charge is 0.356 e. The fourth-order valence-electron chi connectivity index (χ4n) is 2.90. The van der Waals surface area contributed by atoms with Crippen LogP contribution in [0.3, 0.4) is 0 Å². The summed E-state index contributed by atoms with van der Waals surface area (Å²) in [6, 6.07) is 0. The molecule has 4 heteroatoms. The molecule has 0 aromatic heterocycles. The normalized spacial score (nSPS) is 18.5. The van der Waals surface area contributed by atoms with Gasteiger partial charge in [-0.2, -0.15) is 0 Å². The van der Waals surface area contributed by atoms with Crippen molar-refractivity contribution < 1.29 is 9.59 Å². The second-order valence-electron chi connectivity index (χ2n) is 6.96. The van der Waals surface area contributed by atoms with Gasteiger partial charge in [-0.25, -0.2) is 0 Å². The summed E-state index contributed by atoms with van der Waals surface area (Å²) in [6.45, 7) is 8.66. The molecular formula is C18H34N2O2. The first-order chi connectivity index (χ1) is 10.5.